The molecule has 6 heteroatoms. The van der Waals surface area contributed by atoms with Crippen LogP contribution in [0.1, 0.15) is 55.5 Å². The van der Waals surface area contributed by atoms with Crippen molar-refractivity contribution in [2.45, 2.75) is 51.6 Å². The first-order valence-corrected chi connectivity index (χ1v) is 8.37. The molecule has 6 nitrogen and oxygen atoms in total. The Hall–Kier alpha value is -2.37. The largest absolute Gasteiger partial charge is 0.494 e. The van der Waals surface area contributed by atoms with Gasteiger partial charge in [-0.3, -0.25) is 14.5 Å². The van der Waals surface area contributed by atoms with E-state index in [4.69, 9.17) is 4.74 Å². The average molecular weight is 330 g/mol. The number of nitrogens with zero attached hydrogens (tertiary/aromatic N) is 1. The van der Waals surface area contributed by atoms with Crippen LogP contribution in [0.2, 0.25) is 0 Å². The van der Waals surface area contributed by atoms with Gasteiger partial charge in [-0.1, -0.05) is 12.8 Å². The Morgan fingerprint density at radius 2 is 2.00 bits per heavy atom. The number of amides is 3. The molecule has 1 aliphatic heterocycles. The van der Waals surface area contributed by atoms with Gasteiger partial charge in [0.25, 0.3) is 5.91 Å². The second kappa shape index (κ2) is 6.26. The van der Waals surface area contributed by atoms with Crippen LogP contribution in [-0.4, -0.2) is 34.8 Å². The zero-order chi connectivity index (χ0) is 17.3. The number of rotatable bonds is 5. The molecule has 1 aliphatic carbocycles. The number of ether oxygens (including phenoxy) is 1. The molecule has 1 N–H and O–H groups in total. The lowest BCUT2D eigenvalue weighted by Crippen LogP contribution is -2.44. The number of carbonyl (C=O) groups excluding carboxylic acids is 3. The summed E-state index contributed by atoms with van der Waals surface area (Å²) in [5, 5.41) is 2.87. The van der Waals surface area contributed by atoms with Crippen molar-refractivity contribution in [2.24, 2.45) is 0 Å². The minimum atomic E-state index is -0.721. The van der Waals surface area contributed by atoms with Gasteiger partial charge in [-0.05, 0) is 44.9 Å². The maximum Gasteiger partial charge on any atom is 0.325 e. The fourth-order valence-electron chi connectivity index (χ4n) is 3.53. The van der Waals surface area contributed by atoms with Crippen LogP contribution in [0.5, 0.6) is 5.75 Å². The Kier molecular flexibility index (Phi) is 4.30. The quantitative estimate of drug-likeness (QED) is 0.665. The van der Waals surface area contributed by atoms with E-state index in [9.17, 15) is 14.4 Å². The fraction of sp³-hybridized carbons (Fsp3) is 0.500. The fourth-order valence-corrected chi connectivity index (χ4v) is 3.53. The van der Waals surface area contributed by atoms with Crippen molar-refractivity contribution >= 4 is 17.7 Å². The summed E-state index contributed by atoms with van der Waals surface area (Å²) < 4.78 is 5.59. The van der Waals surface area contributed by atoms with Crippen molar-refractivity contribution in [1.29, 1.82) is 0 Å². The summed E-state index contributed by atoms with van der Waals surface area (Å²) in [6.45, 7) is 3.93. The van der Waals surface area contributed by atoms with Gasteiger partial charge in [0.15, 0.2) is 5.78 Å². The van der Waals surface area contributed by atoms with Crippen molar-refractivity contribution in [3.8, 4) is 5.75 Å². The third-order valence-electron chi connectivity index (χ3n) is 4.80. The van der Waals surface area contributed by atoms with Gasteiger partial charge in [-0.25, -0.2) is 4.79 Å². The minimum absolute atomic E-state index is 0.0660. The number of urea groups is 1. The number of Topliss-reactive ketones (excluding diaryl/α,β-unsaturated/α-hetero) is 1. The first-order chi connectivity index (χ1) is 11.5. The Morgan fingerprint density at radius 3 is 2.62 bits per heavy atom. The van der Waals surface area contributed by atoms with Crippen LogP contribution in [0.25, 0.3) is 0 Å². The second-order valence-corrected chi connectivity index (χ2v) is 6.42. The topological polar surface area (TPSA) is 75.7 Å². The molecule has 1 aromatic rings. The summed E-state index contributed by atoms with van der Waals surface area (Å²) >= 11 is 0. The van der Waals surface area contributed by atoms with Crippen molar-refractivity contribution in [3.05, 3.63) is 29.3 Å². The molecule has 1 saturated carbocycles. The molecule has 128 valence electrons. The van der Waals surface area contributed by atoms with Crippen molar-refractivity contribution < 1.29 is 19.1 Å². The van der Waals surface area contributed by atoms with E-state index >= 15 is 0 Å². The number of hydrogen-bond acceptors (Lipinski definition) is 4. The Balaban J connectivity index is 1.89. The van der Waals surface area contributed by atoms with Gasteiger partial charge >= 0.3 is 6.03 Å². The molecule has 0 bridgehead atoms. The van der Waals surface area contributed by atoms with Crippen LogP contribution in [-0.2, 0) is 11.3 Å². The number of hydrogen-bond donors (Lipinski definition) is 1. The minimum Gasteiger partial charge on any atom is -0.494 e. The van der Waals surface area contributed by atoms with Crippen molar-refractivity contribution in [2.75, 3.05) is 6.61 Å². The molecule has 0 unspecified atom stereocenters. The Labute approximate surface area is 141 Å². The van der Waals surface area contributed by atoms with Gasteiger partial charge in [0, 0.05) is 11.1 Å². The predicted octanol–water partition coefficient (Wildman–Crippen LogP) is 2.65. The highest BCUT2D eigenvalue weighted by Crippen LogP contribution is 2.36. The van der Waals surface area contributed by atoms with E-state index < -0.39 is 5.54 Å². The van der Waals surface area contributed by atoms with Crippen LogP contribution >= 0.6 is 0 Å². The van der Waals surface area contributed by atoms with Crippen LogP contribution in [0, 0.1) is 0 Å². The molecule has 3 amide bonds. The lowest BCUT2D eigenvalue weighted by atomic mass is 9.98. The smallest absolute Gasteiger partial charge is 0.325 e. The number of ketones is 1. The number of benzene rings is 1. The molecule has 3 rings (SSSR count). The first kappa shape index (κ1) is 16.5. The summed E-state index contributed by atoms with van der Waals surface area (Å²) in [6.07, 6.45) is 3.29. The Bertz CT molecular complexity index is 692. The zero-order valence-electron chi connectivity index (χ0n) is 14.1. The molecule has 0 radical (unpaired) electrons. The molecule has 2 fully saturated rings. The number of carbonyl (C=O) groups is 3. The first-order valence-electron chi connectivity index (χ1n) is 8.37. The van der Waals surface area contributed by atoms with E-state index in [-0.39, 0.29) is 24.3 Å². The molecule has 2 aliphatic rings. The summed E-state index contributed by atoms with van der Waals surface area (Å²) in [4.78, 5) is 38.0. The number of nitrogens with one attached hydrogen (secondary N) is 1. The summed E-state index contributed by atoms with van der Waals surface area (Å²) in [6, 6.07) is 4.76. The Morgan fingerprint density at radius 1 is 1.29 bits per heavy atom. The molecular formula is C18H22N2O4. The van der Waals surface area contributed by atoms with Gasteiger partial charge < -0.3 is 10.1 Å². The van der Waals surface area contributed by atoms with Crippen molar-refractivity contribution in [1.82, 2.24) is 10.2 Å². The summed E-state index contributed by atoms with van der Waals surface area (Å²) in [5.74, 6) is 0.361. The highest BCUT2D eigenvalue weighted by Gasteiger charge is 2.52. The van der Waals surface area contributed by atoms with E-state index in [0.717, 1.165) is 12.8 Å². The second-order valence-electron chi connectivity index (χ2n) is 6.42. The molecule has 0 atom stereocenters. The molecule has 1 aromatic carbocycles. The summed E-state index contributed by atoms with van der Waals surface area (Å²) in [5.41, 5.74) is 0.486. The average Bonchev–Trinajstić information content (AvgIpc) is 3.10. The summed E-state index contributed by atoms with van der Waals surface area (Å²) in [7, 11) is 0. The highest BCUT2D eigenvalue weighted by molar-refractivity contribution is 6.07. The van der Waals surface area contributed by atoms with Crippen molar-refractivity contribution in [3.63, 3.8) is 0 Å². The van der Waals surface area contributed by atoms with E-state index in [1.165, 1.54) is 11.8 Å². The molecule has 1 heterocycles. The van der Waals surface area contributed by atoms with E-state index in [1.54, 1.807) is 18.2 Å². The molecule has 24 heavy (non-hydrogen) atoms. The van der Waals surface area contributed by atoms with Gasteiger partial charge in [0.05, 0.1) is 13.2 Å². The lowest BCUT2D eigenvalue weighted by Gasteiger charge is -2.20. The van der Waals surface area contributed by atoms with E-state index in [2.05, 4.69) is 5.32 Å². The normalized spacial score (nSPS) is 19.0. The van der Waals surface area contributed by atoms with E-state index in [1.807, 2.05) is 6.92 Å². The van der Waals surface area contributed by atoms with E-state index in [0.29, 0.717) is 36.3 Å². The molecular weight excluding hydrogens is 308 g/mol. The molecule has 1 saturated heterocycles. The maximum atomic E-state index is 12.8. The van der Waals surface area contributed by atoms with Gasteiger partial charge in [-0.2, -0.15) is 0 Å². The number of imide groups is 1. The third-order valence-corrected chi connectivity index (χ3v) is 4.80. The monoisotopic (exact) mass is 330 g/mol. The van der Waals surface area contributed by atoms with Gasteiger partial charge in [0.1, 0.15) is 11.3 Å². The molecule has 1 spiro atoms. The van der Waals surface area contributed by atoms with Crippen LogP contribution in [0.4, 0.5) is 4.79 Å². The van der Waals surface area contributed by atoms with Crippen LogP contribution < -0.4 is 10.1 Å². The standard InChI is InChI=1S/C18H22N2O4/c1-3-24-15-7-6-13(12(2)21)10-14(15)11-20-16(22)18(19-17(20)23)8-4-5-9-18/h6-7,10H,3-5,8-9,11H2,1-2H3,(H,19,23). The zero-order valence-corrected chi connectivity index (χ0v) is 14.1. The predicted molar refractivity (Wildman–Crippen MR) is 87.9 cm³/mol. The lowest BCUT2D eigenvalue weighted by molar-refractivity contribution is -0.131. The highest BCUT2D eigenvalue weighted by atomic mass is 16.5. The third kappa shape index (κ3) is 2.77. The van der Waals surface area contributed by atoms with Gasteiger partial charge in [0.2, 0.25) is 0 Å². The van der Waals surface area contributed by atoms with Crippen LogP contribution in [0.15, 0.2) is 18.2 Å². The maximum absolute atomic E-state index is 12.8. The SMILES string of the molecule is CCOc1ccc(C(C)=O)cc1CN1C(=O)NC2(CCCC2)C1=O. The van der Waals surface area contributed by atoms with Gasteiger partial charge in [-0.15, -0.1) is 0 Å². The van der Waals surface area contributed by atoms with Crippen LogP contribution in [0.3, 0.4) is 0 Å². The molecule has 0 aromatic heterocycles.